The van der Waals surface area contributed by atoms with Gasteiger partial charge in [0, 0.05) is 34.6 Å². The molecule has 2 heterocycles. The van der Waals surface area contributed by atoms with E-state index >= 15 is 0 Å². The van der Waals surface area contributed by atoms with Gasteiger partial charge in [0.2, 0.25) is 0 Å². The van der Waals surface area contributed by atoms with Crippen molar-refractivity contribution in [2.24, 2.45) is 0 Å². The quantitative estimate of drug-likeness (QED) is 0.833. The van der Waals surface area contributed by atoms with Crippen LogP contribution in [0.3, 0.4) is 0 Å². The molecule has 0 bridgehead atoms. The van der Waals surface area contributed by atoms with E-state index in [2.05, 4.69) is 29.0 Å². The van der Waals surface area contributed by atoms with Gasteiger partial charge in [-0.05, 0) is 31.9 Å². The molecule has 4 nitrogen and oxygen atoms in total. The summed E-state index contributed by atoms with van der Waals surface area (Å²) >= 11 is 1.77. The van der Waals surface area contributed by atoms with Crippen molar-refractivity contribution in [2.45, 2.75) is 58.5 Å². The second-order valence-electron chi connectivity index (χ2n) is 6.13. The van der Waals surface area contributed by atoms with Gasteiger partial charge in [0.05, 0.1) is 12.1 Å². The van der Waals surface area contributed by atoms with Gasteiger partial charge in [0.15, 0.2) is 0 Å². The monoisotopic (exact) mass is 329 g/mol. The van der Waals surface area contributed by atoms with E-state index in [1.54, 1.807) is 23.7 Å². The number of aromatic nitrogens is 2. The Kier molecular flexibility index (Phi) is 5.06. The molecule has 122 valence electrons. The van der Waals surface area contributed by atoms with E-state index in [0.29, 0.717) is 18.2 Å². The normalized spacial score (nSPS) is 15.0. The Morgan fingerprint density at radius 1 is 1.26 bits per heavy atom. The van der Waals surface area contributed by atoms with Gasteiger partial charge in [-0.15, -0.1) is 11.3 Å². The first kappa shape index (κ1) is 16.1. The number of rotatable bonds is 5. The fourth-order valence-corrected chi connectivity index (χ4v) is 4.02. The molecule has 2 aromatic rings. The van der Waals surface area contributed by atoms with E-state index in [1.807, 2.05) is 11.8 Å². The van der Waals surface area contributed by atoms with E-state index < -0.39 is 0 Å². The molecule has 1 saturated carbocycles. The minimum atomic E-state index is 0.0607. The molecule has 1 aliphatic carbocycles. The SMILES string of the molecule is CCc1ncc(C(=O)N(Cc2ccc(C)s2)C2CCCC2)cn1. The molecule has 0 aromatic carbocycles. The number of carbonyl (C=O) groups excluding carboxylic acids is 1. The van der Waals surface area contributed by atoms with Crippen LogP contribution in [0.1, 0.15) is 58.5 Å². The van der Waals surface area contributed by atoms with Crippen molar-refractivity contribution in [1.82, 2.24) is 14.9 Å². The zero-order valence-corrected chi connectivity index (χ0v) is 14.6. The van der Waals surface area contributed by atoms with Gasteiger partial charge in [0.25, 0.3) is 5.91 Å². The number of carbonyl (C=O) groups is 1. The Balaban J connectivity index is 1.82. The fraction of sp³-hybridized carbons (Fsp3) is 0.500. The van der Waals surface area contributed by atoms with Crippen molar-refractivity contribution in [3.8, 4) is 0 Å². The maximum Gasteiger partial charge on any atom is 0.257 e. The molecule has 1 fully saturated rings. The topological polar surface area (TPSA) is 46.1 Å². The second-order valence-corrected chi connectivity index (χ2v) is 7.50. The van der Waals surface area contributed by atoms with E-state index in [9.17, 15) is 4.79 Å². The molecule has 0 radical (unpaired) electrons. The highest BCUT2D eigenvalue weighted by Gasteiger charge is 2.28. The van der Waals surface area contributed by atoms with Gasteiger partial charge in [-0.1, -0.05) is 19.8 Å². The average molecular weight is 329 g/mol. The second kappa shape index (κ2) is 7.21. The minimum Gasteiger partial charge on any atom is -0.330 e. The van der Waals surface area contributed by atoms with Gasteiger partial charge in [-0.2, -0.15) is 0 Å². The lowest BCUT2D eigenvalue weighted by Crippen LogP contribution is -2.38. The predicted molar refractivity (Wildman–Crippen MR) is 92.6 cm³/mol. The van der Waals surface area contributed by atoms with Crippen LogP contribution in [0.5, 0.6) is 0 Å². The lowest BCUT2D eigenvalue weighted by atomic mass is 10.1. The first-order chi connectivity index (χ1) is 11.2. The van der Waals surface area contributed by atoms with E-state index in [1.165, 1.54) is 22.6 Å². The Labute approximate surface area is 141 Å². The third-order valence-corrected chi connectivity index (χ3v) is 5.40. The highest BCUT2D eigenvalue weighted by molar-refractivity contribution is 7.11. The van der Waals surface area contributed by atoms with Gasteiger partial charge in [-0.3, -0.25) is 4.79 Å². The molecular formula is C18H23N3OS. The van der Waals surface area contributed by atoms with Crippen molar-refractivity contribution in [1.29, 1.82) is 0 Å². The van der Waals surface area contributed by atoms with Crippen LogP contribution in [0, 0.1) is 6.92 Å². The van der Waals surface area contributed by atoms with Crippen molar-refractivity contribution < 1.29 is 4.79 Å². The van der Waals surface area contributed by atoms with Crippen molar-refractivity contribution >= 4 is 17.2 Å². The third-order valence-electron chi connectivity index (χ3n) is 4.42. The number of hydrogen-bond donors (Lipinski definition) is 0. The molecule has 1 amide bonds. The Morgan fingerprint density at radius 3 is 2.52 bits per heavy atom. The Hall–Kier alpha value is -1.75. The van der Waals surface area contributed by atoms with Crippen LogP contribution in [0.2, 0.25) is 0 Å². The van der Waals surface area contributed by atoms with Crippen LogP contribution in [0.25, 0.3) is 0 Å². The maximum atomic E-state index is 13.0. The summed E-state index contributed by atoms with van der Waals surface area (Å²) in [5, 5.41) is 0. The van der Waals surface area contributed by atoms with E-state index in [4.69, 9.17) is 0 Å². The van der Waals surface area contributed by atoms with Gasteiger partial charge in [-0.25, -0.2) is 9.97 Å². The molecule has 0 atom stereocenters. The molecule has 0 spiro atoms. The Bertz CT molecular complexity index is 659. The third kappa shape index (κ3) is 3.78. The number of nitrogens with zero attached hydrogens (tertiary/aromatic N) is 3. The summed E-state index contributed by atoms with van der Waals surface area (Å²) in [6.07, 6.45) is 8.77. The zero-order valence-electron chi connectivity index (χ0n) is 13.8. The molecule has 0 aliphatic heterocycles. The first-order valence-electron chi connectivity index (χ1n) is 8.34. The highest BCUT2D eigenvalue weighted by Crippen LogP contribution is 2.28. The lowest BCUT2D eigenvalue weighted by molar-refractivity contribution is 0.0666. The summed E-state index contributed by atoms with van der Waals surface area (Å²) < 4.78 is 0. The molecule has 0 unspecified atom stereocenters. The van der Waals surface area contributed by atoms with Gasteiger partial charge in [0.1, 0.15) is 5.82 Å². The summed E-state index contributed by atoms with van der Waals surface area (Å²) in [5.74, 6) is 0.841. The smallest absolute Gasteiger partial charge is 0.257 e. The van der Waals surface area contributed by atoms with Gasteiger partial charge >= 0.3 is 0 Å². The summed E-state index contributed by atoms with van der Waals surface area (Å²) in [7, 11) is 0. The molecule has 5 heteroatoms. The molecule has 0 N–H and O–H groups in total. The molecule has 2 aromatic heterocycles. The molecule has 1 aliphatic rings. The lowest BCUT2D eigenvalue weighted by Gasteiger charge is -2.28. The predicted octanol–water partition coefficient (Wildman–Crippen LogP) is 3.99. The molecular weight excluding hydrogens is 306 g/mol. The summed E-state index contributed by atoms with van der Waals surface area (Å²) in [4.78, 5) is 26.1. The minimum absolute atomic E-state index is 0.0607. The zero-order chi connectivity index (χ0) is 16.2. The molecule has 0 saturated heterocycles. The molecule has 3 rings (SSSR count). The summed E-state index contributed by atoms with van der Waals surface area (Å²) in [6, 6.07) is 4.60. The van der Waals surface area contributed by atoms with Crippen LogP contribution in [-0.4, -0.2) is 26.8 Å². The van der Waals surface area contributed by atoms with Crippen LogP contribution >= 0.6 is 11.3 Å². The highest BCUT2D eigenvalue weighted by atomic mass is 32.1. The van der Waals surface area contributed by atoms with Crippen LogP contribution < -0.4 is 0 Å². The van der Waals surface area contributed by atoms with Crippen molar-refractivity contribution in [3.05, 3.63) is 45.7 Å². The van der Waals surface area contributed by atoms with Crippen molar-refractivity contribution in [2.75, 3.05) is 0 Å². The Morgan fingerprint density at radius 2 is 1.96 bits per heavy atom. The first-order valence-corrected chi connectivity index (χ1v) is 9.16. The maximum absolute atomic E-state index is 13.0. The van der Waals surface area contributed by atoms with E-state index in [-0.39, 0.29) is 5.91 Å². The summed E-state index contributed by atoms with van der Waals surface area (Å²) in [6.45, 7) is 4.81. The number of hydrogen-bond acceptors (Lipinski definition) is 4. The fourth-order valence-electron chi connectivity index (χ4n) is 3.13. The van der Waals surface area contributed by atoms with Crippen LogP contribution in [0.15, 0.2) is 24.5 Å². The van der Waals surface area contributed by atoms with Gasteiger partial charge < -0.3 is 4.90 Å². The van der Waals surface area contributed by atoms with Crippen molar-refractivity contribution in [3.63, 3.8) is 0 Å². The standard InChI is InChI=1S/C18H23N3OS/c1-3-17-19-10-14(11-20-17)18(22)21(15-6-4-5-7-15)12-16-9-8-13(2)23-16/h8-11,15H,3-7,12H2,1-2H3. The number of amides is 1. The molecule has 23 heavy (non-hydrogen) atoms. The van der Waals surface area contributed by atoms with Crippen LogP contribution in [-0.2, 0) is 13.0 Å². The number of thiophene rings is 1. The van der Waals surface area contributed by atoms with E-state index in [0.717, 1.165) is 25.1 Å². The van der Waals surface area contributed by atoms with Crippen LogP contribution in [0.4, 0.5) is 0 Å². The largest absolute Gasteiger partial charge is 0.330 e. The summed E-state index contributed by atoms with van der Waals surface area (Å²) in [5.41, 5.74) is 0.599. The number of aryl methyl sites for hydroxylation is 2. The average Bonchev–Trinajstić information content (AvgIpc) is 3.24.